The predicted octanol–water partition coefficient (Wildman–Crippen LogP) is 1.24. The summed E-state index contributed by atoms with van der Waals surface area (Å²) in [5.74, 6) is -1.07. The van der Waals surface area contributed by atoms with E-state index in [1.165, 1.54) is 0 Å². The van der Waals surface area contributed by atoms with Gasteiger partial charge in [0.2, 0.25) is 0 Å². The van der Waals surface area contributed by atoms with Crippen molar-refractivity contribution in [1.82, 2.24) is 0 Å². The topological polar surface area (TPSA) is 102 Å². The maximum Gasteiger partial charge on any atom is 0.305 e. The molecule has 1 aromatic carbocycles. The lowest BCUT2D eigenvalue weighted by Gasteiger charge is -2.11. The molecule has 0 aliphatic carbocycles. The molecule has 1 rings (SSSR count). The minimum Gasteiger partial charge on any atom is -0.481 e. The number of hydrogen-bond donors (Lipinski definition) is 3. The molecule has 5 nitrogen and oxygen atoms in total. The fraction of sp³-hybridized carbons (Fsp3) is 0.200. The highest BCUT2D eigenvalue weighted by atomic mass is 79.9. The first-order valence-electron chi connectivity index (χ1n) is 4.55. The summed E-state index contributed by atoms with van der Waals surface area (Å²) in [5.41, 5.74) is 11.3. The zero-order chi connectivity index (χ0) is 12.1. The van der Waals surface area contributed by atoms with Crippen molar-refractivity contribution < 1.29 is 9.90 Å². The number of aliphatic imine (C=N–C) groups is 1. The lowest BCUT2D eigenvalue weighted by atomic mass is 10.0. The summed E-state index contributed by atoms with van der Waals surface area (Å²) in [4.78, 5) is 14.6. The van der Waals surface area contributed by atoms with E-state index in [-0.39, 0.29) is 12.4 Å². The Morgan fingerprint density at radius 2 is 2.19 bits per heavy atom. The number of carboxylic acid groups (broad SMARTS) is 1. The molecule has 1 unspecified atom stereocenters. The van der Waals surface area contributed by atoms with Crippen molar-refractivity contribution in [3.8, 4) is 0 Å². The number of aliphatic carboxylic acids is 1. The molecule has 0 heterocycles. The Balaban J connectivity index is 3.00. The van der Waals surface area contributed by atoms with Gasteiger partial charge in [-0.2, -0.15) is 0 Å². The number of nitrogens with zero attached hydrogens (tertiary/aromatic N) is 1. The Kier molecular flexibility index (Phi) is 4.30. The minimum atomic E-state index is -0.949. The van der Waals surface area contributed by atoms with Gasteiger partial charge in [0.05, 0.1) is 12.5 Å². The van der Waals surface area contributed by atoms with E-state index < -0.39 is 12.0 Å². The van der Waals surface area contributed by atoms with Gasteiger partial charge in [0.15, 0.2) is 5.96 Å². The van der Waals surface area contributed by atoms with Crippen LogP contribution in [0.1, 0.15) is 18.0 Å². The molecule has 0 saturated carbocycles. The molecule has 0 fully saturated rings. The highest BCUT2D eigenvalue weighted by molar-refractivity contribution is 9.10. The number of guanidine groups is 1. The third-order valence-electron chi connectivity index (χ3n) is 1.91. The lowest BCUT2D eigenvalue weighted by Crippen LogP contribution is -2.24. The number of carbonyl (C=O) groups is 1. The molecule has 86 valence electrons. The molecule has 0 radical (unpaired) electrons. The van der Waals surface area contributed by atoms with Crippen LogP contribution in [0.4, 0.5) is 0 Å². The van der Waals surface area contributed by atoms with Crippen molar-refractivity contribution in [1.29, 1.82) is 0 Å². The van der Waals surface area contributed by atoms with Crippen LogP contribution in [0.15, 0.2) is 33.7 Å². The third kappa shape index (κ3) is 3.90. The van der Waals surface area contributed by atoms with Crippen molar-refractivity contribution in [3.05, 3.63) is 34.3 Å². The van der Waals surface area contributed by atoms with E-state index in [1.54, 1.807) is 18.2 Å². The first kappa shape index (κ1) is 12.5. The van der Waals surface area contributed by atoms with E-state index in [4.69, 9.17) is 16.6 Å². The maximum atomic E-state index is 10.7. The number of rotatable bonds is 4. The van der Waals surface area contributed by atoms with Gasteiger partial charge in [0.1, 0.15) is 0 Å². The highest BCUT2D eigenvalue weighted by Crippen LogP contribution is 2.24. The van der Waals surface area contributed by atoms with Crippen LogP contribution in [0.25, 0.3) is 0 Å². The molecular weight excluding hydrogens is 274 g/mol. The molecule has 0 saturated heterocycles. The van der Waals surface area contributed by atoms with Crippen molar-refractivity contribution in [2.45, 2.75) is 12.5 Å². The van der Waals surface area contributed by atoms with E-state index in [2.05, 4.69) is 20.9 Å². The van der Waals surface area contributed by atoms with Gasteiger partial charge in [-0.3, -0.25) is 4.79 Å². The number of halogens is 1. The Hall–Kier alpha value is -1.56. The number of carboxylic acids is 1. The molecule has 1 aromatic rings. The van der Waals surface area contributed by atoms with E-state index in [0.29, 0.717) is 0 Å². The van der Waals surface area contributed by atoms with Crippen LogP contribution < -0.4 is 11.5 Å². The van der Waals surface area contributed by atoms with Gasteiger partial charge in [0.25, 0.3) is 0 Å². The Morgan fingerprint density at radius 3 is 2.69 bits per heavy atom. The minimum absolute atomic E-state index is 0.119. The summed E-state index contributed by atoms with van der Waals surface area (Å²) in [6.45, 7) is 0. The van der Waals surface area contributed by atoms with Crippen LogP contribution in [0.2, 0.25) is 0 Å². The van der Waals surface area contributed by atoms with Crippen molar-refractivity contribution >= 4 is 27.9 Å². The van der Waals surface area contributed by atoms with Gasteiger partial charge >= 0.3 is 5.97 Å². The molecule has 6 heteroatoms. The first-order chi connectivity index (χ1) is 7.49. The second kappa shape index (κ2) is 5.50. The molecule has 16 heavy (non-hydrogen) atoms. The van der Waals surface area contributed by atoms with E-state index >= 15 is 0 Å². The largest absolute Gasteiger partial charge is 0.481 e. The lowest BCUT2D eigenvalue weighted by molar-refractivity contribution is -0.137. The highest BCUT2D eigenvalue weighted by Gasteiger charge is 2.14. The number of nitrogens with two attached hydrogens (primary N) is 2. The van der Waals surface area contributed by atoms with Crippen molar-refractivity contribution in [2.24, 2.45) is 16.5 Å². The maximum absolute atomic E-state index is 10.7. The van der Waals surface area contributed by atoms with Crippen molar-refractivity contribution in [3.63, 3.8) is 0 Å². The average molecular weight is 286 g/mol. The predicted molar refractivity (Wildman–Crippen MR) is 64.9 cm³/mol. The molecule has 1 atom stereocenters. The van der Waals surface area contributed by atoms with Crippen LogP contribution >= 0.6 is 15.9 Å². The van der Waals surface area contributed by atoms with Crippen LogP contribution in [0.3, 0.4) is 0 Å². The quantitative estimate of drug-likeness (QED) is 0.572. The number of hydrogen-bond acceptors (Lipinski definition) is 2. The summed E-state index contributed by atoms with van der Waals surface area (Å²) < 4.78 is 0.853. The molecule has 0 amide bonds. The molecule has 0 aliphatic heterocycles. The third-order valence-corrected chi connectivity index (χ3v) is 2.40. The van der Waals surface area contributed by atoms with Gasteiger partial charge < -0.3 is 16.6 Å². The second-order valence-electron chi connectivity index (χ2n) is 3.22. The van der Waals surface area contributed by atoms with Crippen LogP contribution in [-0.2, 0) is 4.79 Å². The summed E-state index contributed by atoms with van der Waals surface area (Å²) in [7, 11) is 0. The Morgan fingerprint density at radius 1 is 1.50 bits per heavy atom. The monoisotopic (exact) mass is 285 g/mol. The van der Waals surface area contributed by atoms with E-state index in [9.17, 15) is 4.79 Å². The Labute approximate surface area is 101 Å². The number of benzene rings is 1. The van der Waals surface area contributed by atoms with Gasteiger partial charge in [-0.15, -0.1) is 0 Å². The molecular formula is C10H12BrN3O2. The fourth-order valence-electron chi connectivity index (χ4n) is 1.30. The SMILES string of the molecule is NC(N)=NC(CC(=O)O)c1cccc(Br)c1. The molecule has 0 aliphatic rings. The van der Waals surface area contributed by atoms with Crippen LogP contribution in [-0.4, -0.2) is 17.0 Å². The summed E-state index contributed by atoms with van der Waals surface area (Å²) in [5, 5.41) is 8.76. The van der Waals surface area contributed by atoms with Gasteiger partial charge in [-0.25, -0.2) is 4.99 Å². The van der Waals surface area contributed by atoms with Gasteiger partial charge in [0, 0.05) is 4.47 Å². The average Bonchev–Trinajstić information content (AvgIpc) is 2.15. The van der Waals surface area contributed by atoms with Crippen LogP contribution in [0.5, 0.6) is 0 Å². The van der Waals surface area contributed by atoms with Gasteiger partial charge in [-0.1, -0.05) is 28.1 Å². The van der Waals surface area contributed by atoms with E-state index in [0.717, 1.165) is 10.0 Å². The van der Waals surface area contributed by atoms with Crippen molar-refractivity contribution in [2.75, 3.05) is 0 Å². The zero-order valence-corrected chi connectivity index (χ0v) is 10.0. The van der Waals surface area contributed by atoms with E-state index in [1.807, 2.05) is 6.07 Å². The molecule has 0 bridgehead atoms. The zero-order valence-electron chi connectivity index (χ0n) is 8.43. The first-order valence-corrected chi connectivity index (χ1v) is 5.34. The summed E-state index contributed by atoms with van der Waals surface area (Å²) in [6, 6.07) is 6.66. The smallest absolute Gasteiger partial charge is 0.305 e. The summed E-state index contributed by atoms with van der Waals surface area (Å²) >= 11 is 3.30. The Bertz CT molecular complexity index is 416. The normalized spacial score (nSPS) is 11.8. The fourth-order valence-corrected chi connectivity index (χ4v) is 1.71. The van der Waals surface area contributed by atoms with Gasteiger partial charge in [-0.05, 0) is 17.7 Å². The van der Waals surface area contributed by atoms with Crippen LogP contribution in [0, 0.1) is 0 Å². The molecule has 5 N–H and O–H groups in total. The standard InChI is InChI=1S/C10H12BrN3O2/c11-7-3-1-2-6(4-7)8(5-9(15)16)14-10(12)13/h1-4,8H,5H2,(H,15,16)(H4,12,13,14). The summed E-state index contributed by atoms with van der Waals surface area (Å²) in [6.07, 6.45) is -0.144. The molecule has 0 spiro atoms. The second-order valence-corrected chi connectivity index (χ2v) is 4.14. The molecule has 0 aromatic heterocycles.